The minimum absolute atomic E-state index is 0.0196. The summed E-state index contributed by atoms with van der Waals surface area (Å²) in [5.74, 6) is 2.05. The van der Waals surface area contributed by atoms with Gasteiger partial charge in [-0.25, -0.2) is 0 Å². The number of amidine groups is 2. The maximum atomic E-state index is 14.1. The van der Waals surface area contributed by atoms with Gasteiger partial charge in [0.25, 0.3) is 0 Å². The largest absolute Gasteiger partial charge is 0.310 e. The van der Waals surface area contributed by atoms with Crippen molar-refractivity contribution in [1.82, 2.24) is 10.6 Å². The Balaban J connectivity index is 1.41. The molecule has 0 saturated heterocycles. The number of rotatable bonds is 6. The molecule has 0 heterocycles. The minimum atomic E-state index is -0.546. The van der Waals surface area contributed by atoms with E-state index in [9.17, 15) is 9.59 Å². The summed E-state index contributed by atoms with van der Waals surface area (Å²) in [5.41, 5.74) is 0.722. The number of amides is 2. The average Bonchev–Trinajstić information content (AvgIpc) is 2.87. The molecule has 0 aliphatic heterocycles. The van der Waals surface area contributed by atoms with Gasteiger partial charge in [0.2, 0.25) is 11.8 Å². The zero-order valence-corrected chi connectivity index (χ0v) is 23.0. The lowest BCUT2D eigenvalue weighted by atomic mass is 9.43. The number of aliphatic imine (C=N–C) groups is 2. The van der Waals surface area contributed by atoms with Crippen molar-refractivity contribution in [2.75, 3.05) is 0 Å². The summed E-state index contributed by atoms with van der Waals surface area (Å²) in [7, 11) is 0. The molecule has 2 aromatic rings. The molecule has 2 aromatic carbocycles. The number of hydrogen-bond acceptors (Lipinski definition) is 4. The lowest BCUT2D eigenvalue weighted by molar-refractivity contribution is -0.165. The number of carbonyl (C=O) groups excluding carboxylic acids is 2. The van der Waals surface area contributed by atoms with Crippen molar-refractivity contribution < 1.29 is 9.59 Å². The van der Waals surface area contributed by atoms with Crippen molar-refractivity contribution >= 4 is 23.5 Å². The van der Waals surface area contributed by atoms with E-state index in [1.807, 2.05) is 88.4 Å². The Morgan fingerprint density at radius 1 is 0.684 bits per heavy atom. The van der Waals surface area contributed by atoms with Gasteiger partial charge >= 0.3 is 0 Å². The fourth-order valence-corrected chi connectivity index (χ4v) is 7.34. The fraction of sp³-hybridized carbons (Fsp3) is 0.500. The van der Waals surface area contributed by atoms with Crippen LogP contribution in [0, 0.1) is 22.7 Å². The van der Waals surface area contributed by atoms with Crippen molar-refractivity contribution in [1.29, 1.82) is 0 Å². The molecule has 6 rings (SSSR count). The first-order chi connectivity index (χ1) is 18.2. The first-order valence-electron chi connectivity index (χ1n) is 14.1. The van der Waals surface area contributed by atoms with Crippen LogP contribution in [0.25, 0.3) is 0 Å². The highest BCUT2D eigenvalue weighted by Gasteiger charge is 2.63. The van der Waals surface area contributed by atoms with Gasteiger partial charge in [0.05, 0.1) is 10.8 Å². The molecule has 6 heteroatoms. The number of hydrogen-bond donors (Lipinski definition) is 2. The molecular weight excluding hydrogens is 472 g/mol. The summed E-state index contributed by atoms with van der Waals surface area (Å²) < 4.78 is 0. The van der Waals surface area contributed by atoms with Crippen molar-refractivity contribution in [2.45, 2.75) is 78.3 Å². The fourth-order valence-electron chi connectivity index (χ4n) is 7.34. The van der Waals surface area contributed by atoms with E-state index in [0.29, 0.717) is 29.9 Å². The van der Waals surface area contributed by atoms with Crippen molar-refractivity contribution in [2.24, 2.45) is 32.7 Å². The SMILES string of the molecule is CC(C)N=C(NC(=O)C12CC3CC(C1)CC(C(=O)NC(=NC(C)C)c1ccccc1)(C3)C2)c1ccccc1. The molecule has 4 aliphatic rings. The Kier molecular flexibility index (Phi) is 7.26. The summed E-state index contributed by atoms with van der Waals surface area (Å²) in [6.45, 7) is 8.06. The first-order valence-corrected chi connectivity index (χ1v) is 14.1. The molecule has 0 spiro atoms. The molecular formula is C32H40N4O2. The molecule has 38 heavy (non-hydrogen) atoms. The van der Waals surface area contributed by atoms with Crippen LogP contribution in [0.5, 0.6) is 0 Å². The van der Waals surface area contributed by atoms with Gasteiger partial charge in [-0.2, -0.15) is 0 Å². The van der Waals surface area contributed by atoms with Crippen LogP contribution < -0.4 is 10.6 Å². The monoisotopic (exact) mass is 512 g/mol. The van der Waals surface area contributed by atoms with Gasteiger partial charge in [0.1, 0.15) is 11.7 Å². The Labute approximate surface area is 226 Å². The predicted octanol–water partition coefficient (Wildman–Crippen LogP) is 5.52. The van der Waals surface area contributed by atoms with Crippen LogP contribution in [0.1, 0.15) is 77.3 Å². The van der Waals surface area contributed by atoms with E-state index in [1.165, 1.54) is 0 Å². The first kappa shape index (κ1) is 26.3. The third kappa shape index (κ3) is 5.31. The lowest BCUT2D eigenvalue weighted by Gasteiger charge is -2.60. The molecule has 200 valence electrons. The van der Waals surface area contributed by atoms with Crippen LogP contribution in [-0.2, 0) is 9.59 Å². The van der Waals surface area contributed by atoms with E-state index in [0.717, 1.165) is 43.2 Å². The van der Waals surface area contributed by atoms with Crippen molar-refractivity contribution in [3.63, 3.8) is 0 Å². The summed E-state index contributed by atoms with van der Waals surface area (Å²) >= 11 is 0. The quantitative estimate of drug-likeness (QED) is 0.395. The van der Waals surface area contributed by atoms with E-state index < -0.39 is 10.8 Å². The smallest absolute Gasteiger partial charge is 0.231 e. The van der Waals surface area contributed by atoms with Gasteiger partial charge in [-0.1, -0.05) is 60.7 Å². The van der Waals surface area contributed by atoms with E-state index in [2.05, 4.69) is 10.6 Å². The number of carbonyl (C=O) groups is 2. The van der Waals surface area contributed by atoms with Crippen LogP contribution in [0.4, 0.5) is 0 Å². The molecule has 0 atom stereocenters. The van der Waals surface area contributed by atoms with Gasteiger partial charge in [0.15, 0.2) is 0 Å². The number of benzene rings is 2. The zero-order chi connectivity index (χ0) is 26.9. The molecule has 4 bridgehead atoms. The highest BCUT2D eigenvalue weighted by Crippen LogP contribution is 2.65. The lowest BCUT2D eigenvalue weighted by Crippen LogP contribution is -2.62. The molecule has 2 N–H and O–H groups in total. The molecule has 4 saturated carbocycles. The second-order valence-corrected chi connectivity index (χ2v) is 12.3. The van der Waals surface area contributed by atoms with Crippen LogP contribution in [0.2, 0.25) is 0 Å². The van der Waals surface area contributed by atoms with Crippen LogP contribution in [0.15, 0.2) is 70.6 Å². The second-order valence-electron chi connectivity index (χ2n) is 12.3. The molecule has 0 aromatic heterocycles. The maximum absolute atomic E-state index is 14.1. The molecule has 0 radical (unpaired) electrons. The third-order valence-electron chi connectivity index (χ3n) is 8.36. The predicted molar refractivity (Wildman–Crippen MR) is 152 cm³/mol. The van der Waals surface area contributed by atoms with Crippen molar-refractivity contribution in [3.8, 4) is 0 Å². The highest BCUT2D eigenvalue weighted by molar-refractivity contribution is 6.11. The molecule has 4 aliphatic carbocycles. The van der Waals surface area contributed by atoms with Gasteiger partial charge in [-0.05, 0) is 78.1 Å². The summed E-state index contributed by atoms with van der Waals surface area (Å²) in [6.07, 6.45) is 5.08. The zero-order valence-electron chi connectivity index (χ0n) is 23.0. The standard InChI is InChI=1S/C32H40N4O2/c1-21(2)33-27(25-11-7-5-8-12-25)35-29(37)31-16-23-15-24(17-31)19-32(18-23,20-31)30(38)36-28(34-22(3)4)26-13-9-6-10-14-26/h5-14,21-24H,15-20H2,1-4H3,(H,33,35,37)(H,34,36,38). The van der Waals surface area contributed by atoms with Gasteiger partial charge in [-0.15, -0.1) is 0 Å². The van der Waals surface area contributed by atoms with Gasteiger partial charge in [-0.3, -0.25) is 19.6 Å². The molecule has 0 unspecified atom stereocenters. The van der Waals surface area contributed by atoms with Gasteiger partial charge < -0.3 is 10.6 Å². The van der Waals surface area contributed by atoms with Crippen molar-refractivity contribution in [3.05, 3.63) is 71.8 Å². The molecule has 2 amide bonds. The topological polar surface area (TPSA) is 82.9 Å². The third-order valence-corrected chi connectivity index (χ3v) is 8.36. The summed E-state index contributed by atoms with van der Waals surface area (Å²) in [5, 5.41) is 6.45. The van der Waals surface area contributed by atoms with Crippen LogP contribution >= 0.6 is 0 Å². The maximum Gasteiger partial charge on any atom is 0.231 e. The Hall–Kier alpha value is -3.28. The van der Waals surface area contributed by atoms with Crippen LogP contribution in [-0.4, -0.2) is 35.6 Å². The molecule has 4 fully saturated rings. The number of nitrogens with one attached hydrogen (secondary N) is 2. The normalized spacial score (nSPS) is 28.6. The average molecular weight is 513 g/mol. The Morgan fingerprint density at radius 3 is 1.39 bits per heavy atom. The second kappa shape index (κ2) is 10.5. The Morgan fingerprint density at radius 2 is 1.05 bits per heavy atom. The highest BCUT2D eigenvalue weighted by atomic mass is 16.2. The summed E-state index contributed by atoms with van der Waals surface area (Å²) in [4.78, 5) is 37.7. The van der Waals surface area contributed by atoms with E-state index in [-0.39, 0.29) is 23.9 Å². The number of nitrogens with zero attached hydrogens (tertiary/aromatic N) is 2. The minimum Gasteiger partial charge on any atom is -0.310 e. The van der Waals surface area contributed by atoms with E-state index in [4.69, 9.17) is 9.98 Å². The van der Waals surface area contributed by atoms with Gasteiger partial charge in [0, 0.05) is 23.2 Å². The van der Waals surface area contributed by atoms with Crippen LogP contribution in [0.3, 0.4) is 0 Å². The molecule has 6 nitrogen and oxygen atoms in total. The van der Waals surface area contributed by atoms with E-state index >= 15 is 0 Å². The van der Waals surface area contributed by atoms with E-state index in [1.54, 1.807) is 0 Å². The summed E-state index contributed by atoms with van der Waals surface area (Å²) in [6, 6.07) is 19.8. The Bertz CT molecular complexity index is 1130.